The summed E-state index contributed by atoms with van der Waals surface area (Å²) in [5, 5.41) is 2.78. The first-order chi connectivity index (χ1) is 15.6. The molecule has 0 aliphatic carbocycles. The van der Waals surface area contributed by atoms with Gasteiger partial charge in [-0.3, -0.25) is 4.79 Å². The molecular formula is C26H21N3O2S. The van der Waals surface area contributed by atoms with Crippen LogP contribution in [-0.2, 0) is 0 Å². The minimum atomic E-state index is -0.109. The molecule has 3 aromatic heterocycles. The summed E-state index contributed by atoms with van der Waals surface area (Å²) in [7, 11) is 1.65. The molecule has 0 radical (unpaired) electrons. The number of anilines is 1. The van der Waals surface area contributed by atoms with Gasteiger partial charge in [0.1, 0.15) is 16.5 Å². The van der Waals surface area contributed by atoms with E-state index in [0.717, 1.165) is 38.7 Å². The Hall–Kier alpha value is -3.90. The summed E-state index contributed by atoms with van der Waals surface area (Å²) in [6.07, 6.45) is 1.87. The highest BCUT2D eigenvalue weighted by Crippen LogP contribution is 2.39. The number of methoxy groups -OCH3 is 1. The molecule has 0 saturated heterocycles. The molecule has 5 nitrogen and oxygen atoms in total. The van der Waals surface area contributed by atoms with Gasteiger partial charge in [-0.25, -0.2) is 4.98 Å². The summed E-state index contributed by atoms with van der Waals surface area (Å²) in [5.74, 6) is 0.688. The van der Waals surface area contributed by atoms with Crippen LogP contribution in [0.15, 0.2) is 78.3 Å². The smallest absolute Gasteiger partial charge is 0.211 e. The number of benzene rings is 2. The van der Waals surface area contributed by atoms with Crippen molar-refractivity contribution in [1.29, 1.82) is 0 Å². The van der Waals surface area contributed by atoms with E-state index in [-0.39, 0.29) is 5.78 Å². The van der Waals surface area contributed by atoms with Crippen molar-refractivity contribution in [3.05, 3.63) is 95.1 Å². The molecule has 0 amide bonds. The number of fused-ring (bicyclic) bond motifs is 1. The number of nitrogens with two attached hydrogens (primary N) is 1. The predicted octanol–water partition coefficient (Wildman–Crippen LogP) is 5.86. The third-order valence-corrected chi connectivity index (χ3v) is 6.37. The van der Waals surface area contributed by atoms with Crippen LogP contribution in [0.3, 0.4) is 0 Å². The van der Waals surface area contributed by atoms with Crippen LogP contribution < -0.4 is 10.5 Å². The van der Waals surface area contributed by atoms with Crippen molar-refractivity contribution in [2.45, 2.75) is 6.92 Å². The van der Waals surface area contributed by atoms with Crippen molar-refractivity contribution >= 4 is 28.3 Å². The zero-order chi connectivity index (χ0) is 22.2. The van der Waals surface area contributed by atoms with Crippen molar-refractivity contribution in [2.75, 3.05) is 12.8 Å². The molecule has 5 aromatic rings. The second kappa shape index (κ2) is 7.98. The molecule has 0 fully saturated rings. The molecule has 3 heterocycles. The van der Waals surface area contributed by atoms with Crippen LogP contribution in [-0.4, -0.2) is 22.3 Å². The number of carbonyl (C=O) groups excluding carboxylic acids is 1. The number of ether oxygens (including phenoxy) is 1. The SMILES string of the molecule is COc1ccc(-c2csc(-c3c(N)c(C(=O)c4ccc(C)cc4)n4ccccc34)n2)cc1. The van der Waals surface area contributed by atoms with Gasteiger partial charge < -0.3 is 14.9 Å². The Labute approximate surface area is 189 Å². The fourth-order valence-corrected chi connectivity index (χ4v) is 4.70. The van der Waals surface area contributed by atoms with E-state index >= 15 is 0 Å². The van der Waals surface area contributed by atoms with E-state index in [9.17, 15) is 4.79 Å². The van der Waals surface area contributed by atoms with Crippen LogP contribution in [0.25, 0.3) is 27.3 Å². The maximum Gasteiger partial charge on any atom is 0.211 e. The van der Waals surface area contributed by atoms with Gasteiger partial charge in [-0.1, -0.05) is 35.9 Å². The van der Waals surface area contributed by atoms with Gasteiger partial charge in [0.2, 0.25) is 5.78 Å². The maximum atomic E-state index is 13.4. The average molecular weight is 440 g/mol. The van der Waals surface area contributed by atoms with Crippen LogP contribution in [0.1, 0.15) is 21.6 Å². The molecule has 0 saturated carbocycles. The molecule has 32 heavy (non-hydrogen) atoms. The van der Waals surface area contributed by atoms with Crippen molar-refractivity contribution in [1.82, 2.24) is 9.38 Å². The number of pyridine rings is 1. The Bertz CT molecular complexity index is 1430. The number of hydrogen-bond donors (Lipinski definition) is 1. The van der Waals surface area contributed by atoms with Crippen molar-refractivity contribution in [3.63, 3.8) is 0 Å². The first-order valence-electron chi connectivity index (χ1n) is 10.2. The van der Waals surface area contributed by atoms with E-state index in [4.69, 9.17) is 15.5 Å². The molecule has 5 rings (SSSR count). The molecule has 158 valence electrons. The molecule has 0 atom stereocenters. The van der Waals surface area contributed by atoms with Gasteiger partial charge in [-0.15, -0.1) is 11.3 Å². The van der Waals surface area contributed by atoms with E-state index in [2.05, 4.69) is 0 Å². The van der Waals surface area contributed by atoms with Gasteiger partial charge in [0.05, 0.1) is 29.6 Å². The summed E-state index contributed by atoms with van der Waals surface area (Å²) in [6, 6.07) is 21.1. The maximum absolute atomic E-state index is 13.4. The predicted molar refractivity (Wildman–Crippen MR) is 130 cm³/mol. The van der Waals surface area contributed by atoms with Crippen molar-refractivity contribution in [2.24, 2.45) is 0 Å². The minimum Gasteiger partial charge on any atom is -0.497 e. The number of carbonyl (C=O) groups is 1. The average Bonchev–Trinajstić information content (AvgIpc) is 3.41. The summed E-state index contributed by atoms with van der Waals surface area (Å²) < 4.78 is 7.11. The van der Waals surface area contributed by atoms with E-state index in [1.54, 1.807) is 7.11 Å². The fraction of sp³-hybridized carbons (Fsp3) is 0.0769. The molecule has 0 aliphatic rings. The van der Waals surface area contributed by atoms with E-state index in [1.165, 1.54) is 11.3 Å². The number of nitrogens with zero attached hydrogens (tertiary/aromatic N) is 2. The summed E-state index contributed by atoms with van der Waals surface area (Å²) in [4.78, 5) is 18.2. The number of thiazole rings is 1. The normalized spacial score (nSPS) is 11.1. The van der Waals surface area contributed by atoms with Crippen LogP contribution in [0.2, 0.25) is 0 Å². The Morgan fingerprint density at radius 3 is 2.50 bits per heavy atom. The first-order valence-corrected chi connectivity index (χ1v) is 11.0. The van der Waals surface area contributed by atoms with Crippen LogP contribution >= 0.6 is 11.3 Å². The zero-order valence-corrected chi connectivity index (χ0v) is 18.5. The van der Waals surface area contributed by atoms with Gasteiger partial charge in [-0.05, 0) is 43.3 Å². The number of rotatable bonds is 5. The standard InChI is InChI=1S/C26H21N3O2S/c1-16-6-8-18(9-7-16)25(30)24-23(27)22(21-5-3-4-14-29(21)24)26-28-20(15-32-26)17-10-12-19(31-2)13-11-17/h3-15H,27H2,1-2H3. The van der Waals surface area contributed by atoms with Gasteiger partial charge in [0, 0.05) is 22.7 Å². The molecule has 2 aromatic carbocycles. The lowest BCUT2D eigenvalue weighted by Crippen LogP contribution is -2.08. The third-order valence-electron chi connectivity index (χ3n) is 5.51. The minimum absolute atomic E-state index is 0.109. The summed E-state index contributed by atoms with van der Waals surface area (Å²) in [5.41, 5.74) is 12.7. The molecule has 0 aliphatic heterocycles. The Morgan fingerprint density at radius 2 is 1.78 bits per heavy atom. The van der Waals surface area contributed by atoms with E-state index < -0.39 is 0 Å². The van der Waals surface area contributed by atoms with Crippen LogP contribution in [0.4, 0.5) is 5.69 Å². The second-order valence-corrected chi connectivity index (χ2v) is 8.41. The van der Waals surface area contributed by atoms with Gasteiger partial charge in [0.25, 0.3) is 0 Å². The second-order valence-electron chi connectivity index (χ2n) is 7.55. The molecule has 0 spiro atoms. The number of ketones is 1. The number of nitrogen functional groups attached to an aromatic ring is 1. The van der Waals surface area contributed by atoms with Gasteiger partial charge >= 0.3 is 0 Å². The largest absolute Gasteiger partial charge is 0.497 e. The molecule has 2 N–H and O–H groups in total. The van der Waals surface area contributed by atoms with Crippen LogP contribution in [0.5, 0.6) is 5.75 Å². The van der Waals surface area contributed by atoms with Crippen molar-refractivity contribution < 1.29 is 9.53 Å². The zero-order valence-electron chi connectivity index (χ0n) is 17.7. The molecule has 0 unspecified atom stereocenters. The van der Waals surface area contributed by atoms with Gasteiger partial charge in [0.15, 0.2) is 0 Å². The van der Waals surface area contributed by atoms with E-state index in [0.29, 0.717) is 16.9 Å². The summed E-state index contributed by atoms with van der Waals surface area (Å²) >= 11 is 1.51. The number of aromatic nitrogens is 2. The number of hydrogen-bond acceptors (Lipinski definition) is 5. The lowest BCUT2D eigenvalue weighted by molar-refractivity contribution is 0.103. The first kappa shape index (κ1) is 20.0. The fourth-order valence-electron chi connectivity index (χ4n) is 3.81. The highest BCUT2D eigenvalue weighted by atomic mass is 32.1. The monoisotopic (exact) mass is 439 g/mol. The summed E-state index contributed by atoms with van der Waals surface area (Å²) in [6.45, 7) is 2.00. The highest BCUT2D eigenvalue weighted by Gasteiger charge is 2.25. The quantitative estimate of drug-likeness (QED) is 0.348. The number of aryl methyl sites for hydroxylation is 1. The Balaban J connectivity index is 1.63. The van der Waals surface area contributed by atoms with Crippen molar-refractivity contribution in [3.8, 4) is 27.6 Å². The lowest BCUT2D eigenvalue weighted by atomic mass is 10.1. The topological polar surface area (TPSA) is 69.6 Å². The van der Waals surface area contributed by atoms with E-state index in [1.807, 2.05) is 89.6 Å². The van der Waals surface area contributed by atoms with Crippen LogP contribution in [0, 0.1) is 6.92 Å². The third kappa shape index (κ3) is 3.35. The highest BCUT2D eigenvalue weighted by molar-refractivity contribution is 7.13. The molecule has 6 heteroatoms. The van der Waals surface area contributed by atoms with Gasteiger partial charge in [-0.2, -0.15) is 0 Å². The Kier molecular flexibility index (Phi) is 4.99. The lowest BCUT2D eigenvalue weighted by Gasteiger charge is -2.04. The molecule has 0 bridgehead atoms. The Morgan fingerprint density at radius 1 is 1.03 bits per heavy atom. The molecular weight excluding hydrogens is 418 g/mol.